The van der Waals surface area contributed by atoms with Crippen LogP contribution in [-0.2, 0) is 0 Å². The Morgan fingerprint density at radius 3 is 2.60 bits per heavy atom. The molecule has 0 bridgehead atoms. The van der Waals surface area contributed by atoms with Crippen molar-refractivity contribution in [3.63, 3.8) is 0 Å². The predicted octanol–water partition coefficient (Wildman–Crippen LogP) is 2.76. The molecule has 0 spiro atoms. The standard InChI is InChI=1S/C16H26ClN3/c1-13(14-5-4-6-15(17)11-14)20(3)16(12-18)7-9-19(2)10-8-16/h4-6,11,13H,7-10,12,18H2,1-3H3. The van der Waals surface area contributed by atoms with Gasteiger partial charge in [0.2, 0.25) is 0 Å². The maximum Gasteiger partial charge on any atom is 0.0409 e. The van der Waals surface area contributed by atoms with Crippen LogP contribution in [0.3, 0.4) is 0 Å². The monoisotopic (exact) mass is 295 g/mol. The van der Waals surface area contributed by atoms with Crippen LogP contribution in [-0.4, -0.2) is 49.1 Å². The lowest BCUT2D eigenvalue weighted by Gasteiger charge is -2.48. The van der Waals surface area contributed by atoms with Gasteiger partial charge in [-0.15, -0.1) is 0 Å². The van der Waals surface area contributed by atoms with Crippen LogP contribution in [0.1, 0.15) is 31.4 Å². The Hall–Kier alpha value is -0.610. The molecule has 2 N–H and O–H groups in total. The highest BCUT2D eigenvalue weighted by molar-refractivity contribution is 6.30. The summed E-state index contributed by atoms with van der Waals surface area (Å²) in [5.41, 5.74) is 7.51. The van der Waals surface area contributed by atoms with Crippen molar-refractivity contribution in [2.75, 3.05) is 33.7 Å². The molecule has 4 heteroatoms. The molecular weight excluding hydrogens is 270 g/mol. The van der Waals surface area contributed by atoms with Gasteiger partial charge in [0.05, 0.1) is 0 Å². The van der Waals surface area contributed by atoms with Gasteiger partial charge >= 0.3 is 0 Å². The topological polar surface area (TPSA) is 32.5 Å². The third-order valence-electron chi connectivity index (χ3n) is 4.96. The maximum atomic E-state index is 6.14. The molecule has 0 amide bonds. The Morgan fingerprint density at radius 1 is 1.40 bits per heavy atom. The number of halogens is 1. The Bertz CT molecular complexity index is 441. The van der Waals surface area contributed by atoms with E-state index in [0.717, 1.165) is 31.0 Å². The zero-order chi connectivity index (χ0) is 14.8. The molecule has 1 fully saturated rings. The van der Waals surface area contributed by atoms with Crippen LogP contribution >= 0.6 is 11.6 Å². The van der Waals surface area contributed by atoms with Crippen molar-refractivity contribution in [3.05, 3.63) is 34.9 Å². The van der Waals surface area contributed by atoms with E-state index in [1.165, 1.54) is 5.56 Å². The highest BCUT2D eigenvalue weighted by Crippen LogP contribution is 2.34. The fourth-order valence-corrected chi connectivity index (χ4v) is 3.34. The first kappa shape index (κ1) is 15.8. The van der Waals surface area contributed by atoms with E-state index in [9.17, 15) is 0 Å². The number of likely N-dealkylation sites (N-methyl/N-ethyl adjacent to an activating group) is 1. The number of nitrogens with zero attached hydrogens (tertiary/aromatic N) is 2. The Balaban J connectivity index is 2.18. The van der Waals surface area contributed by atoms with Crippen LogP contribution in [0.15, 0.2) is 24.3 Å². The molecule has 0 saturated carbocycles. The highest BCUT2D eigenvalue weighted by Gasteiger charge is 2.38. The van der Waals surface area contributed by atoms with Crippen molar-refractivity contribution in [2.24, 2.45) is 5.73 Å². The summed E-state index contributed by atoms with van der Waals surface area (Å²) in [6.07, 6.45) is 2.25. The van der Waals surface area contributed by atoms with Gasteiger partial charge in [0.25, 0.3) is 0 Å². The summed E-state index contributed by atoms with van der Waals surface area (Å²) < 4.78 is 0. The van der Waals surface area contributed by atoms with E-state index in [1.807, 2.05) is 12.1 Å². The maximum absolute atomic E-state index is 6.14. The van der Waals surface area contributed by atoms with Crippen LogP contribution < -0.4 is 5.73 Å². The summed E-state index contributed by atoms with van der Waals surface area (Å²) in [4.78, 5) is 4.83. The quantitative estimate of drug-likeness (QED) is 0.927. The Labute approximate surface area is 127 Å². The third-order valence-corrected chi connectivity index (χ3v) is 5.19. The van der Waals surface area contributed by atoms with E-state index < -0.39 is 0 Å². The molecule has 20 heavy (non-hydrogen) atoms. The third kappa shape index (κ3) is 3.17. The summed E-state index contributed by atoms with van der Waals surface area (Å²) in [6.45, 7) is 5.18. The number of rotatable bonds is 4. The average Bonchev–Trinajstić information content (AvgIpc) is 2.47. The van der Waals surface area contributed by atoms with E-state index in [4.69, 9.17) is 17.3 Å². The van der Waals surface area contributed by atoms with Gasteiger partial charge in [-0.2, -0.15) is 0 Å². The minimum absolute atomic E-state index is 0.105. The van der Waals surface area contributed by atoms with Crippen LogP contribution in [0.2, 0.25) is 5.02 Å². The molecule has 1 aliphatic rings. The predicted molar refractivity (Wildman–Crippen MR) is 86.1 cm³/mol. The Kier molecular flexibility index (Phi) is 5.08. The number of hydrogen-bond acceptors (Lipinski definition) is 3. The zero-order valence-corrected chi connectivity index (χ0v) is 13.5. The normalized spacial score (nSPS) is 21.1. The first-order valence-corrected chi connectivity index (χ1v) is 7.73. The summed E-state index contributed by atoms with van der Waals surface area (Å²) in [5, 5.41) is 0.799. The molecule has 3 nitrogen and oxygen atoms in total. The van der Waals surface area contributed by atoms with E-state index >= 15 is 0 Å². The fraction of sp³-hybridized carbons (Fsp3) is 0.625. The van der Waals surface area contributed by atoms with Gasteiger partial charge in [-0.25, -0.2) is 0 Å². The van der Waals surface area contributed by atoms with Gasteiger partial charge in [0.15, 0.2) is 0 Å². The highest BCUT2D eigenvalue weighted by atomic mass is 35.5. The number of benzene rings is 1. The van der Waals surface area contributed by atoms with Crippen LogP contribution in [0, 0.1) is 0 Å². The lowest BCUT2D eigenvalue weighted by atomic mass is 9.84. The second kappa shape index (κ2) is 6.44. The van der Waals surface area contributed by atoms with Crippen molar-refractivity contribution < 1.29 is 0 Å². The molecule has 1 aliphatic heterocycles. The minimum Gasteiger partial charge on any atom is -0.329 e. The molecule has 1 unspecified atom stereocenters. The van der Waals surface area contributed by atoms with Crippen molar-refractivity contribution in [1.29, 1.82) is 0 Å². The number of likely N-dealkylation sites (tertiary alicyclic amines) is 1. The molecule has 1 heterocycles. The SMILES string of the molecule is CC(c1cccc(Cl)c1)N(C)C1(CN)CCN(C)CC1. The van der Waals surface area contributed by atoms with Gasteiger partial charge in [-0.05, 0) is 64.6 Å². The summed E-state index contributed by atoms with van der Waals surface area (Å²) in [7, 11) is 4.38. The van der Waals surface area contributed by atoms with Crippen LogP contribution in [0.5, 0.6) is 0 Å². The molecule has 1 aromatic carbocycles. The van der Waals surface area contributed by atoms with E-state index in [-0.39, 0.29) is 5.54 Å². The lowest BCUT2D eigenvalue weighted by molar-refractivity contribution is 0.0272. The summed E-state index contributed by atoms with van der Waals surface area (Å²) in [5.74, 6) is 0. The number of hydrogen-bond donors (Lipinski definition) is 1. The van der Waals surface area contributed by atoms with E-state index in [1.54, 1.807) is 0 Å². The van der Waals surface area contributed by atoms with Crippen LogP contribution in [0.4, 0.5) is 0 Å². The molecule has 112 valence electrons. The second-order valence-corrected chi connectivity index (χ2v) is 6.51. The molecule has 1 atom stereocenters. The Morgan fingerprint density at radius 2 is 2.05 bits per heavy atom. The first-order valence-electron chi connectivity index (χ1n) is 7.35. The summed E-state index contributed by atoms with van der Waals surface area (Å²) >= 11 is 6.12. The van der Waals surface area contributed by atoms with Crippen LogP contribution in [0.25, 0.3) is 0 Å². The van der Waals surface area contributed by atoms with Gasteiger partial charge < -0.3 is 10.6 Å². The van der Waals surface area contributed by atoms with Crippen molar-refractivity contribution >= 4 is 11.6 Å². The second-order valence-electron chi connectivity index (χ2n) is 6.07. The van der Waals surface area contributed by atoms with Crippen molar-refractivity contribution in [3.8, 4) is 0 Å². The van der Waals surface area contributed by atoms with Gasteiger partial charge in [-0.3, -0.25) is 4.90 Å². The first-order chi connectivity index (χ1) is 9.48. The zero-order valence-electron chi connectivity index (χ0n) is 12.8. The molecule has 0 aliphatic carbocycles. The van der Waals surface area contributed by atoms with Crippen molar-refractivity contribution in [1.82, 2.24) is 9.80 Å². The minimum atomic E-state index is 0.105. The molecule has 1 aromatic rings. The molecule has 1 saturated heterocycles. The van der Waals surface area contributed by atoms with Gasteiger partial charge in [-0.1, -0.05) is 23.7 Å². The van der Waals surface area contributed by atoms with Gasteiger partial charge in [0, 0.05) is 23.1 Å². The largest absolute Gasteiger partial charge is 0.329 e. The fourth-order valence-electron chi connectivity index (χ4n) is 3.14. The molecular formula is C16H26ClN3. The molecule has 0 radical (unpaired) electrons. The number of nitrogens with two attached hydrogens (primary N) is 1. The van der Waals surface area contributed by atoms with E-state index in [0.29, 0.717) is 12.6 Å². The van der Waals surface area contributed by atoms with Crippen molar-refractivity contribution in [2.45, 2.75) is 31.3 Å². The lowest BCUT2D eigenvalue weighted by Crippen LogP contribution is -2.58. The smallest absolute Gasteiger partial charge is 0.0409 e. The van der Waals surface area contributed by atoms with E-state index in [2.05, 4.69) is 43.0 Å². The molecule has 0 aromatic heterocycles. The number of piperidine rings is 1. The average molecular weight is 296 g/mol. The summed E-state index contributed by atoms with van der Waals surface area (Å²) in [6, 6.07) is 8.46. The van der Waals surface area contributed by atoms with Gasteiger partial charge in [0.1, 0.15) is 0 Å². The molecule has 2 rings (SSSR count).